The van der Waals surface area contributed by atoms with Gasteiger partial charge in [-0.2, -0.15) is 11.8 Å². The summed E-state index contributed by atoms with van der Waals surface area (Å²) in [7, 11) is 0. The zero-order valence-electron chi connectivity index (χ0n) is 12.4. The molecule has 1 aromatic carbocycles. The average Bonchev–Trinajstić information content (AvgIpc) is 2.76. The molecule has 1 aromatic rings. The Hall–Kier alpha value is -1.49. The summed E-state index contributed by atoms with van der Waals surface area (Å²) in [5, 5.41) is 9.06. The van der Waals surface area contributed by atoms with Gasteiger partial charge in [-0.3, -0.25) is 4.79 Å². The number of hydrogen-bond acceptors (Lipinski definition) is 3. The molecule has 0 spiro atoms. The molecule has 21 heavy (non-hydrogen) atoms. The molecule has 1 heterocycles. The fraction of sp³-hybridized carbons (Fsp3) is 0.500. The van der Waals surface area contributed by atoms with Crippen molar-refractivity contribution in [1.29, 1.82) is 0 Å². The van der Waals surface area contributed by atoms with E-state index in [2.05, 4.69) is 12.1 Å². The molecule has 1 fully saturated rings. The molecule has 1 unspecified atom stereocenters. The van der Waals surface area contributed by atoms with Gasteiger partial charge in [-0.05, 0) is 25.8 Å². The summed E-state index contributed by atoms with van der Waals surface area (Å²) in [6.45, 7) is 4.06. The first-order chi connectivity index (χ1) is 9.94. The lowest BCUT2D eigenvalue weighted by Gasteiger charge is -2.25. The highest BCUT2D eigenvalue weighted by Gasteiger charge is 2.45. The van der Waals surface area contributed by atoms with Crippen molar-refractivity contribution in [3.63, 3.8) is 0 Å². The van der Waals surface area contributed by atoms with Crippen molar-refractivity contribution in [2.75, 3.05) is 12.3 Å². The van der Waals surface area contributed by atoms with Crippen molar-refractivity contribution in [3.8, 4) is 0 Å². The molecular weight excluding hydrogens is 286 g/mol. The molecule has 0 saturated carbocycles. The number of carbonyl (C=O) groups is 2. The molecule has 1 aliphatic rings. The Balaban J connectivity index is 1.91. The predicted octanol–water partition coefficient (Wildman–Crippen LogP) is 2.63. The number of carboxylic acids is 1. The van der Waals surface area contributed by atoms with Crippen LogP contribution in [0.2, 0.25) is 0 Å². The van der Waals surface area contributed by atoms with E-state index in [9.17, 15) is 9.59 Å². The molecule has 1 saturated heterocycles. The number of benzene rings is 1. The maximum absolute atomic E-state index is 12.5. The van der Waals surface area contributed by atoms with E-state index in [1.807, 2.05) is 25.1 Å². The predicted molar refractivity (Wildman–Crippen MR) is 84.1 cm³/mol. The van der Waals surface area contributed by atoms with E-state index in [0.29, 0.717) is 6.54 Å². The number of hydrogen-bond donors (Lipinski definition) is 1. The van der Waals surface area contributed by atoms with Crippen molar-refractivity contribution in [2.24, 2.45) is 5.41 Å². The van der Waals surface area contributed by atoms with Gasteiger partial charge >= 0.3 is 5.97 Å². The maximum atomic E-state index is 12.5. The van der Waals surface area contributed by atoms with Gasteiger partial charge in [0.15, 0.2) is 0 Å². The summed E-state index contributed by atoms with van der Waals surface area (Å²) >= 11 is 1.73. The standard InChI is InChI=1S/C16H21NO3S/c1-12(14(18)19)17-9-8-16(2,15(17)20)11-21-10-13-6-4-3-5-7-13/h3-7,12H,8-11H2,1-2H3,(H,18,19)/t12-,16?/m0/s1. The van der Waals surface area contributed by atoms with Crippen LogP contribution in [0.25, 0.3) is 0 Å². The highest BCUT2D eigenvalue weighted by atomic mass is 32.2. The van der Waals surface area contributed by atoms with E-state index in [0.717, 1.165) is 17.9 Å². The van der Waals surface area contributed by atoms with Crippen molar-refractivity contribution in [1.82, 2.24) is 4.90 Å². The summed E-state index contributed by atoms with van der Waals surface area (Å²) in [4.78, 5) is 25.0. The number of carbonyl (C=O) groups excluding carboxylic acids is 1. The first-order valence-corrected chi connectivity index (χ1v) is 8.25. The quantitative estimate of drug-likeness (QED) is 0.878. The van der Waals surface area contributed by atoms with E-state index < -0.39 is 17.4 Å². The smallest absolute Gasteiger partial charge is 0.326 e. The van der Waals surface area contributed by atoms with Crippen LogP contribution in [-0.2, 0) is 15.3 Å². The van der Waals surface area contributed by atoms with Gasteiger partial charge in [0.25, 0.3) is 0 Å². The number of rotatable bonds is 6. The second kappa shape index (κ2) is 6.52. The topological polar surface area (TPSA) is 57.6 Å². The minimum atomic E-state index is -0.940. The van der Waals surface area contributed by atoms with Gasteiger partial charge in [-0.1, -0.05) is 30.3 Å². The summed E-state index contributed by atoms with van der Waals surface area (Å²) < 4.78 is 0. The first-order valence-electron chi connectivity index (χ1n) is 7.09. The highest BCUT2D eigenvalue weighted by Crippen LogP contribution is 2.36. The molecule has 114 valence electrons. The maximum Gasteiger partial charge on any atom is 0.326 e. The summed E-state index contributed by atoms with van der Waals surface area (Å²) in [6, 6.07) is 9.41. The Morgan fingerprint density at radius 2 is 2.10 bits per heavy atom. The van der Waals surface area contributed by atoms with Crippen LogP contribution in [0.4, 0.5) is 0 Å². The number of nitrogens with zero attached hydrogens (tertiary/aromatic N) is 1. The third kappa shape index (κ3) is 3.59. The molecule has 1 aliphatic heterocycles. The summed E-state index contributed by atoms with van der Waals surface area (Å²) in [5.41, 5.74) is 0.802. The molecule has 4 nitrogen and oxygen atoms in total. The third-order valence-corrected chi connectivity index (χ3v) is 5.42. The van der Waals surface area contributed by atoms with Gasteiger partial charge in [-0.15, -0.1) is 0 Å². The molecule has 0 bridgehead atoms. The molecule has 0 aromatic heterocycles. The van der Waals surface area contributed by atoms with E-state index in [1.54, 1.807) is 18.7 Å². The lowest BCUT2D eigenvalue weighted by atomic mass is 9.91. The molecule has 2 rings (SSSR count). The van der Waals surface area contributed by atoms with Crippen LogP contribution in [0.3, 0.4) is 0 Å². The Kier molecular flexibility index (Phi) is 4.93. The summed E-state index contributed by atoms with van der Waals surface area (Å²) in [6.07, 6.45) is 0.727. The van der Waals surface area contributed by atoms with Gasteiger partial charge in [0.2, 0.25) is 5.91 Å². The SMILES string of the molecule is C[C@@H](C(=O)O)N1CCC(C)(CSCc2ccccc2)C1=O. The minimum Gasteiger partial charge on any atom is -0.480 e. The minimum absolute atomic E-state index is 0.0297. The lowest BCUT2D eigenvalue weighted by Crippen LogP contribution is -2.43. The van der Waals surface area contributed by atoms with E-state index in [4.69, 9.17) is 5.11 Å². The Bertz CT molecular complexity index is 520. The molecule has 1 amide bonds. The number of aliphatic carboxylic acids is 1. The van der Waals surface area contributed by atoms with E-state index in [-0.39, 0.29) is 5.91 Å². The van der Waals surface area contributed by atoms with Crippen molar-refractivity contribution in [2.45, 2.75) is 32.1 Å². The van der Waals surface area contributed by atoms with Crippen LogP contribution in [0.5, 0.6) is 0 Å². The second-order valence-electron chi connectivity index (χ2n) is 5.80. The van der Waals surface area contributed by atoms with Crippen LogP contribution < -0.4 is 0 Å². The van der Waals surface area contributed by atoms with Crippen LogP contribution >= 0.6 is 11.8 Å². The molecule has 0 aliphatic carbocycles. The summed E-state index contributed by atoms with van der Waals surface area (Å²) in [5.74, 6) is 0.629. The number of likely N-dealkylation sites (tertiary alicyclic amines) is 1. The van der Waals surface area contributed by atoms with Crippen LogP contribution in [0, 0.1) is 5.41 Å². The zero-order valence-corrected chi connectivity index (χ0v) is 13.2. The average molecular weight is 307 g/mol. The Morgan fingerprint density at radius 3 is 2.71 bits per heavy atom. The number of thioether (sulfide) groups is 1. The van der Waals surface area contributed by atoms with Crippen LogP contribution in [-0.4, -0.2) is 40.2 Å². The van der Waals surface area contributed by atoms with Crippen molar-refractivity contribution >= 4 is 23.6 Å². The molecular formula is C16H21NO3S. The van der Waals surface area contributed by atoms with Gasteiger partial charge < -0.3 is 10.0 Å². The van der Waals surface area contributed by atoms with Crippen molar-refractivity contribution < 1.29 is 14.7 Å². The monoisotopic (exact) mass is 307 g/mol. The highest BCUT2D eigenvalue weighted by molar-refractivity contribution is 7.98. The molecule has 1 N–H and O–H groups in total. The Morgan fingerprint density at radius 1 is 1.43 bits per heavy atom. The van der Waals surface area contributed by atoms with Gasteiger partial charge in [0.1, 0.15) is 6.04 Å². The third-order valence-electron chi connectivity index (χ3n) is 4.04. The zero-order chi connectivity index (χ0) is 15.5. The fourth-order valence-electron chi connectivity index (χ4n) is 2.53. The van der Waals surface area contributed by atoms with Crippen LogP contribution in [0.1, 0.15) is 25.8 Å². The van der Waals surface area contributed by atoms with Gasteiger partial charge in [-0.25, -0.2) is 4.79 Å². The van der Waals surface area contributed by atoms with Gasteiger partial charge in [0, 0.05) is 18.1 Å². The lowest BCUT2D eigenvalue weighted by molar-refractivity contribution is -0.149. The van der Waals surface area contributed by atoms with E-state index >= 15 is 0 Å². The van der Waals surface area contributed by atoms with Crippen LogP contribution in [0.15, 0.2) is 30.3 Å². The van der Waals surface area contributed by atoms with Gasteiger partial charge in [0.05, 0.1) is 5.41 Å². The number of carboxylic acid groups (broad SMARTS) is 1. The van der Waals surface area contributed by atoms with E-state index in [1.165, 1.54) is 10.5 Å². The first kappa shape index (κ1) is 15.9. The Labute approximate surface area is 129 Å². The molecule has 0 radical (unpaired) electrons. The second-order valence-corrected chi connectivity index (χ2v) is 6.79. The largest absolute Gasteiger partial charge is 0.480 e. The fourth-order valence-corrected chi connectivity index (χ4v) is 3.78. The normalized spacial score (nSPS) is 23.3. The number of amides is 1. The van der Waals surface area contributed by atoms with Crippen molar-refractivity contribution in [3.05, 3.63) is 35.9 Å². The molecule has 5 heteroatoms. The molecule has 2 atom stereocenters.